The van der Waals surface area contributed by atoms with E-state index in [2.05, 4.69) is 12.0 Å². The number of hydrogen-bond donors (Lipinski definition) is 0. The molecule has 1 aliphatic carbocycles. The summed E-state index contributed by atoms with van der Waals surface area (Å²) in [5.41, 5.74) is 0.0819. The fourth-order valence-corrected chi connectivity index (χ4v) is 2.83. The molecule has 0 saturated heterocycles. The lowest BCUT2D eigenvalue weighted by atomic mass is 10.3. The normalized spacial score (nSPS) is 19.3. The average Bonchev–Trinajstić information content (AvgIpc) is 3.11. The van der Waals surface area contributed by atoms with Gasteiger partial charge in [0.2, 0.25) is 0 Å². The Labute approximate surface area is 141 Å². The fraction of sp³-hybridized carbons (Fsp3) is 0.500. The van der Waals surface area contributed by atoms with Crippen LogP contribution in [-0.4, -0.2) is 27.6 Å². The molecule has 6 heteroatoms. The Balaban J connectivity index is 1.69. The number of furan rings is 1. The quantitative estimate of drug-likeness (QED) is 0.817. The lowest BCUT2D eigenvalue weighted by Gasteiger charge is -2.15. The smallest absolute Gasteiger partial charge is 0.274 e. The molecule has 24 heavy (non-hydrogen) atoms. The van der Waals surface area contributed by atoms with Gasteiger partial charge in [-0.05, 0) is 37.0 Å². The monoisotopic (exact) mass is 329 g/mol. The van der Waals surface area contributed by atoms with Crippen molar-refractivity contribution in [3.63, 3.8) is 0 Å². The molecule has 0 bridgehead atoms. The number of amides is 1. The zero-order valence-corrected chi connectivity index (χ0v) is 14.4. The number of rotatable bonds is 6. The van der Waals surface area contributed by atoms with Gasteiger partial charge in [-0.25, -0.2) is 4.68 Å². The van der Waals surface area contributed by atoms with Gasteiger partial charge in [-0.3, -0.25) is 9.59 Å². The van der Waals surface area contributed by atoms with Crippen LogP contribution >= 0.6 is 0 Å². The first-order valence-corrected chi connectivity index (χ1v) is 8.41. The standard InChI is InChI=1S/C18H23N3O3/c1-4-9-21-17(22)8-6-15(19-21)18(23)20(3)11-13-5-7-16(24-13)14-10-12(14)2/h5-8,12,14H,4,9-11H2,1-3H3/t12-,14+/m1/s1. The number of carbonyl (C=O) groups is 1. The van der Waals surface area contributed by atoms with Crippen LogP contribution in [0.5, 0.6) is 0 Å². The minimum Gasteiger partial charge on any atom is -0.464 e. The molecular formula is C18H23N3O3. The molecule has 0 unspecified atom stereocenters. The van der Waals surface area contributed by atoms with E-state index in [1.807, 2.05) is 19.1 Å². The molecule has 2 aromatic rings. The van der Waals surface area contributed by atoms with Crippen LogP contribution in [0.4, 0.5) is 0 Å². The minimum atomic E-state index is -0.224. The third kappa shape index (κ3) is 3.42. The molecule has 0 radical (unpaired) electrons. The van der Waals surface area contributed by atoms with Gasteiger partial charge in [0.05, 0.1) is 6.54 Å². The van der Waals surface area contributed by atoms with E-state index >= 15 is 0 Å². The van der Waals surface area contributed by atoms with Gasteiger partial charge in [-0.2, -0.15) is 5.10 Å². The Bertz CT molecular complexity index is 793. The van der Waals surface area contributed by atoms with Gasteiger partial charge in [-0.1, -0.05) is 13.8 Å². The molecule has 1 fully saturated rings. The first-order valence-electron chi connectivity index (χ1n) is 8.41. The Morgan fingerprint density at radius 1 is 1.38 bits per heavy atom. The summed E-state index contributed by atoms with van der Waals surface area (Å²) >= 11 is 0. The molecule has 0 aromatic carbocycles. The molecule has 2 atom stereocenters. The zero-order chi connectivity index (χ0) is 17.3. The van der Waals surface area contributed by atoms with E-state index in [0.717, 1.165) is 17.9 Å². The van der Waals surface area contributed by atoms with Gasteiger partial charge in [0.1, 0.15) is 17.2 Å². The summed E-state index contributed by atoms with van der Waals surface area (Å²) in [4.78, 5) is 25.8. The van der Waals surface area contributed by atoms with Crippen molar-refractivity contribution >= 4 is 5.91 Å². The van der Waals surface area contributed by atoms with Gasteiger partial charge in [0.15, 0.2) is 0 Å². The van der Waals surface area contributed by atoms with Crippen molar-refractivity contribution in [2.75, 3.05) is 7.05 Å². The Kier molecular flexibility index (Phi) is 4.55. The van der Waals surface area contributed by atoms with Crippen LogP contribution in [0.25, 0.3) is 0 Å². The summed E-state index contributed by atoms with van der Waals surface area (Å²) in [6.45, 7) is 5.06. The van der Waals surface area contributed by atoms with Crippen LogP contribution in [-0.2, 0) is 13.1 Å². The summed E-state index contributed by atoms with van der Waals surface area (Å²) in [5.74, 6) is 2.76. The largest absolute Gasteiger partial charge is 0.464 e. The van der Waals surface area contributed by atoms with Gasteiger partial charge >= 0.3 is 0 Å². The van der Waals surface area contributed by atoms with Crippen LogP contribution in [0.3, 0.4) is 0 Å². The molecule has 128 valence electrons. The van der Waals surface area contributed by atoms with E-state index in [0.29, 0.717) is 24.9 Å². The van der Waals surface area contributed by atoms with Crippen LogP contribution in [0.15, 0.2) is 33.5 Å². The molecule has 2 aromatic heterocycles. The maximum absolute atomic E-state index is 12.5. The highest BCUT2D eigenvalue weighted by atomic mass is 16.3. The highest BCUT2D eigenvalue weighted by Crippen LogP contribution is 2.47. The number of carbonyl (C=O) groups excluding carboxylic acids is 1. The summed E-state index contributed by atoms with van der Waals surface area (Å²) in [6, 6.07) is 6.80. The van der Waals surface area contributed by atoms with Gasteiger partial charge < -0.3 is 9.32 Å². The molecule has 1 saturated carbocycles. The highest BCUT2D eigenvalue weighted by Gasteiger charge is 2.36. The van der Waals surface area contributed by atoms with Crippen molar-refractivity contribution < 1.29 is 9.21 Å². The Hall–Kier alpha value is -2.37. The zero-order valence-electron chi connectivity index (χ0n) is 14.4. The van der Waals surface area contributed by atoms with Crippen molar-refractivity contribution in [2.24, 2.45) is 5.92 Å². The molecule has 1 amide bonds. The Morgan fingerprint density at radius 3 is 2.79 bits per heavy atom. The maximum atomic E-state index is 12.5. The van der Waals surface area contributed by atoms with E-state index in [4.69, 9.17) is 4.42 Å². The lowest BCUT2D eigenvalue weighted by molar-refractivity contribution is 0.0766. The molecule has 1 aliphatic rings. The average molecular weight is 329 g/mol. The lowest BCUT2D eigenvalue weighted by Crippen LogP contribution is -2.30. The second-order valence-electron chi connectivity index (χ2n) is 6.56. The van der Waals surface area contributed by atoms with Crippen LogP contribution in [0.2, 0.25) is 0 Å². The molecule has 3 rings (SSSR count). The van der Waals surface area contributed by atoms with Gasteiger partial charge in [0, 0.05) is 25.6 Å². The first kappa shape index (κ1) is 16.5. The molecular weight excluding hydrogens is 306 g/mol. The number of hydrogen-bond acceptors (Lipinski definition) is 4. The number of aromatic nitrogens is 2. The SMILES string of the molecule is CCCn1nc(C(=O)N(C)Cc2ccc([C@H]3C[C@H]3C)o2)ccc1=O. The van der Waals surface area contributed by atoms with Gasteiger partial charge in [-0.15, -0.1) is 0 Å². The topological polar surface area (TPSA) is 68.3 Å². The summed E-state index contributed by atoms with van der Waals surface area (Å²) < 4.78 is 7.18. The van der Waals surface area contributed by atoms with Crippen molar-refractivity contribution in [2.45, 2.75) is 45.7 Å². The van der Waals surface area contributed by atoms with E-state index in [1.54, 1.807) is 11.9 Å². The van der Waals surface area contributed by atoms with E-state index in [-0.39, 0.29) is 17.2 Å². The van der Waals surface area contributed by atoms with E-state index in [1.165, 1.54) is 23.2 Å². The second-order valence-corrected chi connectivity index (χ2v) is 6.56. The fourth-order valence-electron chi connectivity index (χ4n) is 2.83. The first-order chi connectivity index (χ1) is 11.5. The summed E-state index contributed by atoms with van der Waals surface area (Å²) in [5, 5.41) is 4.16. The highest BCUT2D eigenvalue weighted by molar-refractivity contribution is 5.91. The second kappa shape index (κ2) is 6.63. The number of nitrogens with zero attached hydrogens (tertiary/aromatic N) is 3. The number of aryl methyl sites for hydroxylation is 1. The minimum absolute atomic E-state index is 0.190. The predicted octanol–water partition coefficient (Wildman–Crippen LogP) is 2.64. The molecule has 6 nitrogen and oxygen atoms in total. The predicted molar refractivity (Wildman–Crippen MR) is 89.8 cm³/mol. The van der Waals surface area contributed by atoms with Crippen molar-refractivity contribution in [1.29, 1.82) is 0 Å². The molecule has 0 spiro atoms. The van der Waals surface area contributed by atoms with Crippen LogP contribution < -0.4 is 5.56 Å². The van der Waals surface area contributed by atoms with Crippen molar-refractivity contribution in [3.05, 3.63) is 51.8 Å². The van der Waals surface area contributed by atoms with Crippen LogP contribution in [0, 0.1) is 5.92 Å². The van der Waals surface area contributed by atoms with Crippen molar-refractivity contribution in [3.8, 4) is 0 Å². The molecule has 0 N–H and O–H groups in total. The van der Waals surface area contributed by atoms with E-state index in [9.17, 15) is 9.59 Å². The third-order valence-electron chi connectivity index (χ3n) is 4.42. The van der Waals surface area contributed by atoms with Crippen LogP contribution in [0.1, 0.15) is 54.6 Å². The summed E-state index contributed by atoms with van der Waals surface area (Å²) in [7, 11) is 1.71. The molecule has 0 aliphatic heterocycles. The van der Waals surface area contributed by atoms with Crippen molar-refractivity contribution in [1.82, 2.24) is 14.7 Å². The molecule has 2 heterocycles. The Morgan fingerprint density at radius 2 is 2.12 bits per heavy atom. The van der Waals surface area contributed by atoms with E-state index < -0.39 is 0 Å². The van der Waals surface area contributed by atoms with Gasteiger partial charge in [0.25, 0.3) is 11.5 Å². The maximum Gasteiger partial charge on any atom is 0.274 e. The third-order valence-corrected chi connectivity index (χ3v) is 4.42. The summed E-state index contributed by atoms with van der Waals surface area (Å²) in [6.07, 6.45) is 1.96.